The summed E-state index contributed by atoms with van der Waals surface area (Å²) in [7, 11) is 0. The minimum atomic E-state index is -6.78. The zero-order chi connectivity index (χ0) is 24.2. The summed E-state index contributed by atoms with van der Waals surface area (Å²) < 4.78 is 117. The molecule has 0 saturated heterocycles. The molecule has 190 valence electrons. The van der Waals surface area contributed by atoms with Crippen LogP contribution in [0, 0.1) is 23.7 Å². The molecule has 9 heteroatoms. The largest absolute Gasteiger partial charge is 0.460 e. The molecule has 0 aliphatic heterocycles. The Bertz CT molecular complexity index is 554. The minimum absolute atomic E-state index is 0.349. The Morgan fingerprint density at radius 3 is 1.41 bits per heavy atom. The van der Waals surface area contributed by atoms with Crippen molar-refractivity contribution >= 4 is 0 Å². The number of rotatable bonds is 10. The molecule has 0 N–H and O–H groups in total. The highest BCUT2D eigenvalue weighted by atomic mass is 19.4. The highest BCUT2D eigenvalue weighted by Gasteiger charge is 2.81. The molecular weight excluding hydrogens is 447 g/mol. The van der Waals surface area contributed by atoms with Crippen molar-refractivity contribution in [2.24, 2.45) is 23.7 Å². The van der Waals surface area contributed by atoms with Crippen LogP contribution in [0.1, 0.15) is 96.8 Å². The first kappa shape index (κ1) is 27.6. The van der Waals surface area contributed by atoms with Crippen LogP contribution < -0.4 is 0 Å². The molecule has 0 bridgehead atoms. The number of alkyl halides is 9. The molecule has 0 spiro atoms. The predicted octanol–water partition coefficient (Wildman–Crippen LogP) is 9.43. The molecule has 2 aliphatic rings. The van der Waals surface area contributed by atoms with Crippen molar-refractivity contribution in [3.8, 4) is 0 Å². The normalized spacial score (nSPS) is 28.7. The van der Waals surface area contributed by atoms with Crippen molar-refractivity contribution in [3.63, 3.8) is 0 Å². The average Bonchev–Trinajstić information content (AvgIpc) is 2.72. The Labute approximate surface area is 184 Å². The SMILES string of the molecule is CCCCC[C@H]1CC[C@H]([C@H]2CC[C@H](CCC(F)(F)C(F)(F)C(F)(F)C(F)(F)F)CC2)CC1. The molecule has 0 unspecified atom stereocenters. The quantitative estimate of drug-likeness (QED) is 0.215. The van der Waals surface area contributed by atoms with Crippen molar-refractivity contribution in [2.45, 2.75) is 121 Å². The van der Waals surface area contributed by atoms with E-state index in [1.54, 1.807) is 0 Å². The van der Waals surface area contributed by atoms with Gasteiger partial charge < -0.3 is 0 Å². The zero-order valence-corrected chi connectivity index (χ0v) is 18.6. The third-order valence-corrected chi connectivity index (χ3v) is 7.74. The van der Waals surface area contributed by atoms with Crippen molar-refractivity contribution in [1.82, 2.24) is 0 Å². The van der Waals surface area contributed by atoms with Crippen LogP contribution >= 0.6 is 0 Å². The number of unbranched alkanes of at least 4 members (excludes halogenated alkanes) is 2. The average molecular weight is 483 g/mol. The molecule has 0 aromatic rings. The first-order chi connectivity index (χ1) is 14.7. The Balaban J connectivity index is 1.78. The number of hydrogen-bond acceptors (Lipinski definition) is 0. The van der Waals surface area contributed by atoms with Crippen LogP contribution in [0.2, 0.25) is 0 Å². The van der Waals surface area contributed by atoms with E-state index in [-0.39, 0.29) is 5.92 Å². The van der Waals surface area contributed by atoms with Gasteiger partial charge >= 0.3 is 23.9 Å². The van der Waals surface area contributed by atoms with E-state index in [1.807, 2.05) is 0 Å². The maximum atomic E-state index is 13.8. The molecule has 2 fully saturated rings. The van der Waals surface area contributed by atoms with Crippen molar-refractivity contribution in [3.05, 3.63) is 0 Å². The van der Waals surface area contributed by atoms with Gasteiger partial charge in [0, 0.05) is 6.42 Å². The lowest BCUT2D eigenvalue weighted by Gasteiger charge is -2.38. The lowest BCUT2D eigenvalue weighted by Crippen LogP contribution is -2.60. The maximum absolute atomic E-state index is 13.8. The molecule has 32 heavy (non-hydrogen) atoms. The second kappa shape index (κ2) is 10.7. The predicted molar refractivity (Wildman–Crippen MR) is 105 cm³/mol. The van der Waals surface area contributed by atoms with Crippen molar-refractivity contribution in [1.29, 1.82) is 0 Å². The van der Waals surface area contributed by atoms with Crippen LogP contribution in [-0.2, 0) is 0 Å². The molecule has 2 rings (SSSR count). The lowest BCUT2D eigenvalue weighted by molar-refractivity contribution is -0.397. The van der Waals surface area contributed by atoms with Gasteiger partial charge in [0.15, 0.2) is 0 Å². The van der Waals surface area contributed by atoms with Gasteiger partial charge in [0.05, 0.1) is 0 Å². The topological polar surface area (TPSA) is 0 Å². The molecular formula is C23H35F9. The van der Waals surface area contributed by atoms with Gasteiger partial charge in [0.1, 0.15) is 0 Å². The van der Waals surface area contributed by atoms with Crippen LogP contribution in [0.5, 0.6) is 0 Å². The highest BCUT2D eigenvalue weighted by Crippen LogP contribution is 2.55. The van der Waals surface area contributed by atoms with Crippen LogP contribution in [-0.4, -0.2) is 23.9 Å². The van der Waals surface area contributed by atoms with Crippen LogP contribution in [0.3, 0.4) is 0 Å². The minimum Gasteiger partial charge on any atom is -0.200 e. The van der Waals surface area contributed by atoms with E-state index in [1.165, 1.54) is 38.5 Å². The summed E-state index contributed by atoms with van der Waals surface area (Å²) in [5.41, 5.74) is 0. The number of hydrogen-bond donors (Lipinski definition) is 0. The van der Waals surface area contributed by atoms with Gasteiger partial charge in [-0.1, -0.05) is 58.3 Å². The van der Waals surface area contributed by atoms with Gasteiger partial charge in [-0.15, -0.1) is 0 Å². The van der Waals surface area contributed by atoms with E-state index in [2.05, 4.69) is 6.92 Å². The van der Waals surface area contributed by atoms with E-state index in [0.717, 1.165) is 31.6 Å². The van der Waals surface area contributed by atoms with Crippen LogP contribution in [0.15, 0.2) is 0 Å². The van der Waals surface area contributed by atoms with Crippen LogP contribution in [0.25, 0.3) is 0 Å². The van der Waals surface area contributed by atoms with Gasteiger partial charge in [0.2, 0.25) is 0 Å². The first-order valence-corrected chi connectivity index (χ1v) is 11.9. The highest BCUT2D eigenvalue weighted by molar-refractivity contribution is 5.00. The van der Waals surface area contributed by atoms with Gasteiger partial charge in [-0.2, -0.15) is 39.5 Å². The van der Waals surface area contributed by atoms with Gasteiger partial charge in [-0.3, -0.25) is 0 Å². The molecule has 0 atom stereocenters. The van der Waals surface area contributed by atoms with E-state index in [9.17, 15) is 39.5 Å². The molecule has 0 nitrogen and oxygen atoms in total. The molecule has 0 heterocycles. The third-order valence-electron chi connectivity index (χ3n) is 7.74. The molecule has 2 saturated carbocycles. The number of halogens is 9. The lowest BCUT2D eigenvalue weighted by atomic mass is 9.68. The summed E-state index contributed by atoms with van der Waals surface area (Å²) >= 11 is 0. The van der Waals surface area contributed by atoms with E-state index < -0.39 is 36.8 Å². The van der Waals surface area contributed by atoms with Gasteiger partial charge in [-0.05, 0) is 55.8 Å². The monoisotopic (exact) mass is 482 g/mol. The van der Waals surface area contributed by atoms with E-state index in [0.29, 0.717) is 24.7 Å². The fourth-order valence-corrected chi connectivity index (χ4v) is 5.53. The molecule has 0 aromatic heterocycles. The first-order valence-electron chi connectivity index (χ1n) is 11.9. The molecule has 2 aliphatic carbocycles. The summed E-state index contributed by atoms with van der Waals surface area (Å²) in [4.78, 5) is 0. The van der Waals surface area contributed by atoms with Crippen molar-refractivity contribution < 1.29 is 39.5 Å². The smallest absolute Gasteiger partial charge is 0.200 e. The van der Waals surface area contributed by atoms with Crippen LogP contribution in [0.4, 0.5) is 39.5 Å². The molecule has 0 aromatic carbocycles. The van der Waals surface area contributed by atoms with Gasteiger partial charge in [0.25, 0.3) is 0 Å². The fraction of sp³-hybridized carbons (Fsp3) is 1.00. The summed E-state index contributed by atoms with van der Waals surface area (Å²) in [6, 6.07) is 0. The maximum Gasteiger partial charge on any atom is 0.460 e. The van der Waals surface area contributed by atoms with E-state index in [4.69, 9.17) is 0 Å². The Morgan fingerprint density at radius 1 is 0.562 bits per heavy atom. The summed E-state index contributed by atoms with van der Waals surface area (Å²) in [5.74, 6) is -17.2. The zero-order valence-electron chi connectivity index (χ0n) is 18.6. The third kappa shape index (κ3) is 6.28. The second-order valence-electron chi connectivity index (χ2n) is 9.95. The van der Waals surface area contributed by atoms with E-state index >= 15 is 0 Å². The Hall–Kier alpha value is -0.630. The standard InChI is InChI=1S/C23H35F9/c1-2-3-4-5-16-6-10-18(11-7-16)19-12-8-17(9-13-19)14-15-20(24,25)21(26,27)22(28,29)23(30,31)32/h16-19H,2-15H2,1H3/t16-,17-,18-,19-. The summed E-state index contributed by atoms with van der Waals surface area (Å²) in [6.45, 7) is 2.18. The van der Waals surface area contributed by atoms with Crippen molar-refractivity contribution in [2.75, 3.05) is 0 Å². The summed E-state index contributed by atoms with van der Waals surface area (Å²) in [5, 5.41) is 0. The fourth-order valence-electron chi connectivity index (χ4n) is 5.53. The molecule has 0 radical (unpaired) electrons. The van der Waals surface area contributed by atoms with Gasteiger partial charge in [-0.25, -0.2) is 0 Å². The summed E-state index contributed by atoms with van der Waals surface area (Å²) in [6.07, 6.45) is 3.36. The second-order valence-corrected chi connectivity index (χ2v) is 9.95. The molecule has 0 amide bonds. The Kier molecular flexibility index (Phi) is 9.27. The Morgan fingerprint density at radius 2 is 1.00 bits per heavy atom.